The Morgan fingerprint density at radius 1 is 1.00 bits per heavy atom. The summed E-state index contributed by atoms with van der Waals surface area (Å²) >= 11 is -2.13. The SMILES string of the molecule is COCCOC.[Cl][Zr]([Cl])[Cl]. The van der Waals surface area contributed by atoms with Gasteiger partial charge in [0.25, 0.3) is 0 Å². The summed E-state index contributed by atoms with van der Waals surface area (Å²) in [6, 6.07) is 0. The van der Waals surface area contributed by atoms with Crippen LogP contribution in [0.4, 0.5) is 0 Å². The van der Waals surface area contributed by atoms with Gasteiger partial charge in [0.2, 0.25) is 0 Å². The zero-order valence-electron chi connectivity index (χ0n) is 5.86. The Morgan fingerprint density at radius 3 is 1.30 bits per heavy atom. The van der Waals surface area contributed by atoms with E-state index in [1.807, 2.05) is 0 Å². The monoisotopic (exact) mass is 285 g/mol. The molecule has 0 radical (unpaired) electrons. The first-order chi connectivity index (χ1) is 4.65. The van der Waals surface area contributed by atoms with Gasteiger partial charge in [-0.15, -0.1) is 0 Å². The van der Waals surface area contributed by atoms with Crippen LogP contribution in [0.2, 0.25) is 0 Å². The number of hydrogen-bond acceptors (Lipinski definition) is 2. The van der Waals surface area contributed by atoms with Crippen LogP contribution in [0.15, 0.2) is 0 Å². The standard InChI is InChI=1S/C4H10O2.3ClH.Zr/c1-5-3-4-6-2;;;;/h3-4H2,1-2H3;3*1H;/q;;;;+3/p-3. The van der Waals surface area contributed by atoms with Gasteiger partial charge in [-0.05, 0) is 0 Å². The summed E-state index contributed by atoms with van der Waals surface area (Å²) in [5.41, 5.74) is 0. The number of hydrogen-bond donors (Lipinski definition) is 0. The van der Waals surface area contributed by atoms with Crippen molar-refractivity contribution in [3.8, 4) is 0 Å². The Hall–Kier alpha value is 1.67. The summed E-state index contributed by atoms with van der Waals surface area (Å²) in [6.45, 7) is 1.38. The summed E-state index contributed by atoms with van der Waals surface area (Å²) in [5.74, 6) is 0. The molecule has 0 saturated heterocycles. The second-order valence-electron chi connectivity index (χ2n) is 1.20. The molecule has 0 aliphatic carbocycles. The molecule has 0 aromatic rings. The fraction of sp³-hybridized carbons (Fsp3) is 1.00. The van der Waals surface area contributed by atoms with E-state index in [9.17, 15) is 0 Å². The Kier molecular flexibility index (Phi) is 18.9. The van der Waals surface area contributed by atoms with E-state index in [1.165, 1.54) is 0 Å². The van der Waals surface area contributed by atoms with Gasteiger partial charge in [-0.2, -0.15) is 0 Å². The van der Waals surface area contributed by atoms with Crippen molar-refractivity contribution in [2.45, 2.75) is 0 Å². The molecule has 0 aliphatic rings. The van der Waals surface area contributed by atoms with Crippen molar-refractivity contribution in [1.82, 2.24) is 0 Å². The maximum absolute atomic E-state index is 5.00. The zero-order chi connectivity index (χ0) is 8.41. The first-order valence-electron chi connectivity index (χ1n) is 2.46. The molecule has 0 aromatic heterocycles. The molecular weight excluding hydrogens is 278 g/mol. The molecule has 0 rings (SSSR count). The van der Waals surface area contributed by atoms with Gasteiger partial charge in [-0.3, -0.25) is 0 Å². The van der Waals surface area contributed by atoms with Gasteiger partial charge in [0.05, 0.1) is 13.2 Å². The average molecular weight is 288 g/mol. The van der Waals surface area contributed by atoms with Crippen molar-refractivity contribution in [3.05, 3.63) is 0 Å². The summed E-state index contributed by atoms with van der Waals surface area (Å²) in [6.07, 6.45) is 0. The van der Waals surface area contributed by atoms with Gasteiger partial charge in [0.15, 0.2) is 0 Å². The number of rotatable bonds is 3. The van der Waals surface area contributed by atoms with Crippen LogP contribution in [0.5, 0.6) is 0 Å². The molecule has 6 heteroatoms. The van der Waals surface area contributed by atoms with Crippen molar-refractivity contribution in [1.29, 1.82) is 0 Å². The predicted octanol–water partition coefficient (Wildman–Crippen LogP) is 2.35. The molecule has 0 saturated carbocycles. The van der Waals surface area contributed by atoms with E-state index in [4.69, 9.17) is 25.5 Å². The van der Waals surface area contributed by atoms with E-state index in [0.717, 1.165) is 0 Å². The molecule has 0 atom stereocenters. The van der Waals surface area contributed by atoms with E-state index in [-0.39, 0.29) is 0 Å². The second-order valence-corrected chi connectivity index (χ2v) is 12.4. The molecule has 0 unspecified atom stereocenters. The van der Waals surface area contributed by atoms with Crippen LogP contribution < -0.4 is 0 Å². The van der Waals surface area contributed by atoms with Crippen LogP contribution in [0.1, 0.15) is 0 Å². The Labute approximate surface area is 80.1 Å². The van der Waals surface area contributed by atoms with Gasteiger partial charge in [-0.25, -0.2) is 0 Å². The van der Waals surface area contributed by atoms with Crippen LogP contribution in [0, 0.1) is 0 Å². The van der Waals surface area contributed by atoms with Gasteiger partial charge in [0, 0.05) is 14.2 Å². The summed E-state index contributed by atoms with van der Waals surface area (Å²) in [5, 5.41) is 0. The quantitative estimate of drug-likeness (QED) is 0.742. The van der Waals surface area contributed by atoms with Crippen LogP contribution in [0.25, 0.3) is 0 Å². The van der Waals surface area contributed by atoms with Crippen molar-refractivity contribution < 1.29 is 27.6 Å². The summed E-state index contributed by atoms with van der Waals surface area (Å²) < 4.78 is 9.31. The molecule has 2 nitrogen and oxygen atoms in total. The van der Waals surface area contributed by atoms with Crippen molar-refractivity contribution in [2.75, 3.05) is 27.4 Å². The van der Waals surface area contributed by atoms with Crippen molar-refractivity contribution in [2.24, 2.45) is 0 Å². The molecule has 63 valence electrons. The molecule has 0 amide bonds. The average Bonchev–Trinajstić information content (AvgIpc) is 1.82. The zero-order valence-corrected chi connectivity index (χ0v) is 10.6. The van der Waals surface area contributed by atoms with E-state index >= 15 is 0 Å². The topological polar surface area (TPSA) is 18.5 Å². The van der Waals surface area contributed by atoms with Crippen LogP contribution in [0.3, 0.4) is 0 Å². The molecule has 0 heterocycles. The molecule has 0 aliphatic heterocycles. The number of halogens is 3. The molecule has 0 spiro atoms. The van der Waals surface area contributed by atoms with Gasteiger partial charge in [-0.1, -0.05) is 0 Å². The van der Waals surface area contributed by atoms with Gasteiger partial charge >= 0.3 is 43.7 Å². The summed E-state index contributed by atoms with van der Waals surface area (Å²) in [4.78, 5) is 0. The van der Waals surface area contributed by atoms with Crippen LogP contribution >= 0.6 is 25.5 Å². The van der Waals surface area contributed by atoms with E-state index < -0.39 is 18.2 Å². The van der Waals surface area contributed by atoms with Gasteiger partial charge in [0.1, 0.15) is 0 Å². The Bertz CT molecular complexity index is 49.0. The molecule has 0 aromatic carbocycles. The number of ether oxygens (including phenoxy) is 2. The van der Waals surface area contributed by atoms with E-state index in [1.54, 1.807) is 14.2 Å². The maximum atomic E-state index is 5.00. The molecule has 0 fully saturated rings. The van der Waals surface area contributed by atoms with Crippen molar-refractivity contribution >= 4 is 25.5 Å². The van der Waals surface area contributed by atoms with Gasteiger partial charge < -0.3 is 9.47 Å². The minimum atomic E-state index is -2.13. The Morgan fingerprint density at radius 2 is 1.20 bits per heavy atom. The summed E-state index contributed by atoms with van der Waals surface area (Å²) in [7, 11) is 18.3. The molecule has 10 heavy (non-hydrogen) atoms. The first kappa shape index (κ1) is 14.2. The number of methoxy groups -OCH3 is 2. The normalized spacial score (nSPS) is 8.10. The fourth-order valence-corrected chi connectivity index (χ4v) is 0.167. The third kappa shape index (κ3) is 33.3. The Balaban J connectivity index is 0. The second kappa shape index (κ2) is 13.3. The van der Waals surface area contributed by atoms with Crippen molar-refractivity contribution in [3.63, 3.8) is 0 Å². The van der Waals surface area contributed by atoms with E-state index in [2.05, 4.69) is 9.47 Å². The van der Waals surface area contributed by atoms with Crippen LogP contribution in [-0.4, -0.2) is 27.4 Å². The van der Waals surface area contributed by atoms with Crippen LogP contribution in [-0.2, 0) is 27.6 Å². The molecular formula is C4H10Cl3O2Zr. The fourth-order valence-electron chi connectivity index (χ4n) is 0.167. The molecule has 0 bridgehead atoms. The predicted molar refractivity (Wildman–Crippen MR) is 41.3 cm³/mol. The minimum absolute atomic E-state index is 0.691. The first-order valence-corrected chi connectivity index (χ1v) is 12.0. The van der Waals surface area contributed by atoms with E-state index in [0.29, 0.717) is 13.2 Å². The third-order valence-corrected chi connectivity index (χ3v) is 0.492. The molecule has 0 N–H and O–H groups in total. The third-order valence-electron chi connectivity index (χ3n) is 0.492.